The van der Waals surface area contributed by atoms with Crippen molar-refractivity contribution < 1.29 is 24.9 Å². The first-order valence-electron chi connectivity index (χ1n) is 7.64. The summed E-state index contributed by atoms with van der Waals surface area (Å²) in [6, 6.07) is 0. The zero-order chi connectivity index (χ0) is 15.4. The van der Waals surface area contributed by atoms with Crippen molar-refractivity contribution in [3.05, 3.63) is 0 Å². The minimum absolute atomic E-state index is 0.228. The van der Waals surface area contributed by atoms with E-state index in [9.17, 15) is 14.7 Å². The van der Waals surface area contributed by atoms with Gasteiger partial charge in [-0.1, -0.05) is 64.7 Å². The van der Waals surface area contributed by atoms with E-state index >= 15 is 0 Å². The lowest BCUT2D eigenvalue weighted by molar-refractivity contribution is -0.176. The molecule has 0 aliphatic heterocycles. The Labute approximate surface area is 121 Å². The van der Waals surface area contributed by atoms with E-state index < -0.39 is 17.5 Å². The molecule has 20 heavy (non-hydrogen) atoms. The topological polar surface area (TPSA) is 94.8 Å². The number of aliphatic hydroxyl groups is 1. The lowest BCUT2D eigenvalue weighted by atomic mass is 9.95. The lowest BCUT2D eigenvalue weighted by Crippen LogP contribution is -2.46. The fourth-order valence-corrected chi connectivity index (χ4v) is 2.17. The number of carbonyl (C=O) groups is 2. The number of rotatable bonds is 13. The molecule has 0 aliphatic carbocycles. The average Bonchev–Trinajstić information content (AvgIpc) is 2.40. The molecule has 0 saturated heterocycles. The Hall–Kier alpha value is -1.10. The molecule has 3 N–H and O–H groups in total. The Kier molecular flexibility index (Phi) is 10.1. The van der Waals surface area contributed by atoms with Crippen LogP contribution in [-0.4, -0.2) is 32.9 Å². The third-order valence-electron chi connectivity index (χ3n) is 3.60. The first-order chi connectivity index (χ1) is 9.45. The highest BCUT2D eigenvalue weighted by Gasteiger charge is 2.43. The van der Waals surface area contributed by atoms with Crippen LogP contribution in [0, 0.1) is 0 Å². The molecule has 0 rings (SSSR count). The smallest absolute Gasteiger partial charge is 0.347 e. The van der Waals surface area contributed by atoms with Gasteiger partial charge in [0.1, 0.15) is 0 Å². The first kappa shape index (κ1) is 18.9. The molecular formula is C15H28O5. The van der Waals surface area contributed by atoms with Crippen molar-refractivity contribution in [3.63, 3.8) is 0 Å². The molecule has 0 unspecified atom stereocenters. The van der Waals surface area contributed by atoms with Gasteiger partial charge in [-0.2, -0.15) is 0 Å². The highest BCUT2D eigenvalue weighted by atomic mass is 16.4. The second-order valence-corrected chi connectivity index (χ2v) is 5.40. The number of unbranched alkanes of at least 4 members (excludes halogenated alkanes) is 9. The van der Waals surface area contributed by atoms with Gasteiger partial charge in [0.15, 0.2) is 0 Å². The second kappa shape index (κ2) is 10.7. The van der Waals surface area contributed by atoms with Gasteiger partial charge in [-0.05, 0) is 12.8 Å². The van der Waals surface area contributed by atoms with Gasteiger partial charge in [0.25, 0.3) is 5.60 Å². The molecule has 5 nitrogen and oxygen atoms in total. The molecule has 0 saturated carbocycles. The van der Waals surface area contributed by atoms with E-state index in [1.54, 1.807) is 0 Å². The van der Waals surface area contributed by atoms with Gasteiger partial charge in [-0.25, -0.2) is 9.59 Å². The second-order valence-electron chi connectivity index (χ2n) is 5.40. The van der Waals surface area contributed by atoms with E-state index in [1.807, 2.05) is 0 Å². The number of aliphatic carboxylic acids is 2. The van der Waals surface area contributed by atoms with Crippen LogP contribution in [0.5, 0.6) is 0 Å². The predicted octanol–water partition coefficient (Wildman–Crippen LogP) is 3.20. The molecule has 0 aromatic rings. The molecule has 0 amide bonds. The summed E-state index contributed by atoms with van der Waals surface area (Å²) in [6.07, 6.45) is 10.5. The molecule has 0 aromatic heterocycles. The fourth-order valence-electron chi connectivity index (χ4n) is 2.17. The first-order valence-corrected chi connectivity index (χ1v) is 7.64. The molecule has 0 fully saturated rings. The Bertz CT molecular complexity index is 274. The molecule has 0 radical (unpaired) electrons. The van der Waals surface area contributed by atoms with Crippen LogP contribution in [0.2, 0.25) is 0 Å². The van der Waals surface area contributed by atoms with Crippen molar-refractivity contribution >= 4 is 11.9 Å². The van der Waals surface area contributed by atoms with Crippen molar-refractivity contribution in [3.8, 4) is 0 Å². The maximum absolute atomic E-state index is 10.7. The van der Waals surface area contributed by atoms with Gasteiger partial charge in [0.05, 0.1) is 0 Å². The van der Waals surface area contributed by atoms with E-state index in [2.05, 4.69) is 6.92 Å². The Morgan fingerprint density at radius 2 is 1.10 bits per heavy atom. The van der Waals surface area contributed by atoms with Gasteiger partial charge in [-0.3, -0.25) is 0 Å². The van der Waals surface area contributed by atoms with Crippen LogP contribution < -0.4 is 0 Å². The molecule has 118 valence electrons. The molecular weight excluding hydrogens is 260 g/mol. The molecule has 0 aromatic carbocycles. The van der Waals surface area contributed by atoms with E-state index in [1.165, 1.54) is 38.5 Å². The number of carboxylic acid groups (broad SMARTS) is 2. The fraction of sp³-hybridized carbons (Fsp3) is 0.867. The van der Waals surface area contributed by atoms with Crippen molar-refractivity contribution in [2.45, 2.75) is 83.2 Å². The monoisotopic (exact) mass is 288 g/mol. The molecule has 0 atom stereocenters. The highest BCUT2D eigenvalue weighted by Crippen LogP contribution is 2.17. The van der Waals surface area contributed by atoms with Gasteiger partial charge in [-0.15, -0.1) is 0 Å². The van der Waals surface area contributed by atoms with Crippen molar-refractivity contribution in [2.24, 2.45) is 0 Å². The van der Waals surface area contributed by atoms with Gasteiger partial charge >= 0.3 is 11.9 Å². The minimum Gasteiger partial charge on any atom is -0.479 e. The number of hydrogen-bond acceptors (Lipinski definition) is 3. The van der Waals surface area contributed by atoms with Crippen LogP contribution in [0.3, 0.4) is 0 Å². The SMILES string of the molecule is CCCCCCCCCCCCC(O)(C(=O)O)C(=O)O. The van der Waals surface area contributed by atoms with Crippen LogP contribution >= 0.6 is 0 Å². The highest BCUT2D eigenvalue weighted by molar-refractivity contribution is 6.01. The third-order valence-corrected chi connectivity index (χ3v) is 3.60. The van der Waals surface area contributed by atoms with Crippen LogP contribution in [0.15, 0.2) is 0 Å². The summed E-state index contributed by atoms with van der Waals surface area (Å²) in [7, 11) is 0. The predicted molar refractivity (Wildman–Crippen MR) is 76.7 cm³/mol. The average molecular weight is 288 g/mol. The third kappa shape index (κ3) is 7.48. The summed E-state index contributed by atoms with van der Waals surface area (Å²) in [4.78, 5) is 21.4. The maximum atomic E-state index is 10.7. The quantitative estimate of drug-likeness (QED) is 0.357. The van der Waals surface area contributed by atoms with Gasteiger partial charge in [0.2, 0.25) is 0 Å². The summed E-state index contributed by atoms with van der Waals surface area (Å²) in [5.41, 5.74) is -2.62. The lowest BCUT2D eigenvalue weighted by Gasteiger charge is -2.17. The number of hydrogen-bond donors (Lipinski definition) is 3. The van der Waals surface area contributed by atoms with E-state index in [4.69, 9.17) is 10.2 Å². The molecule has 0 spiro atoms. The van der Waals surface area contributed by atoms with E-state index in [0.29, 0.717) is 6.42 Å². The van der Waals surface area contributed by atoms with Gasteiger partial charge in [0, 0.05) is 0 Å². The van der Waals surface area contributed by atoms with Crippen LogP contribution in [-0.2, 0) is 9.59 Å². The molecule has 0 aliphatic rings. The van der Waals surface area contributed by atoms with Crippen LogP contribution in [0.25, 0.3) is 0 Å². The number of carboxylic acids is 2. The Balaban J connectivity index is 3.56. The van der Waals surface area contributed by atoms with E-state index in [0.717, 1.165) is 19.3 Å². The normalized spacial score (nSPS) is 11.5. The Morgan fingerprint density at radius 3 is 1.45 bits per heavy atom. The standard InChI is InChI=1S/C15H28O5/c1-2-3-4-5-6-7-8-9-10-11-12-15(20,13(16)17)14(18)19/h20H,2-12H2,1H3,(H,16,17)(H,18,19). The zero-order valence-corrected chi connectivity index (χ0v) is 12.4. The minimum atomic E-state index is -2.62. The zero-order valence-electron chi connectivity index (χ0n) is 12.4. The molecule has 0 heterocycles. The van der Waals surface area contributed by atoms with Crippen molar-refractivity contribution in [2.75, 3.05) is 0 Å². The van der Waals surface area contributed by atoms with E-state index in [-0.39, 0.29) is 6.42 Å². The van der Waals surface area contributed by atoms with Crippen molar-refractivity contribution in [1.82, 2.24) is 0 Å². The maximum Gasteiger partial charge on any atom is 0.347 e. The summed E-state index contributed by atoms with van der Waals surface area (Å²) in [6.45, 7) is 2.19. The van der Waals surface area contributed by atoms with Gasteiger partial charge < -0.3 is 15.3 Å². The molecule has 5 heteroatoms. The summed E-state index contributed by atoms with van der Waals surface area (Å²) >= 11 is 0. The summed E-state index contributed by atoms with van der Waals surface area (Å²) in [5, 5.41) is 26.9. The Morgan fingerprint density at radius 1 is 0.750 bits per heavy atom. The summed E-state index contributed by atoms with van der Waals surface area (Å²) in [5.74, 6) is -3.36. The summed E-state index contributed by atoms with van der Waals surface area (Å²) < 4.78 is 0. The van der Waals surface area contributed by atoms with Crippen LogP contribution in [0.4, 0.5) is 0 Å². The van der Waals surface area contributed by atoms with Crippen molar-refractivity contribution in [1.29, 1.82) is 0 Å². The van der Waals surface area contributed by atoms with Crippen LogP contribution in [0.1, 0.15) is 77.6 Å². The molecule has 0 bridgehead atoms. The largest absolute Gasteiger partial charge is 0.479 e.